The zero-order chi connectivity index (χ0) is 19.0. The van der Waals surface area contributed by atoms with E-state index in [2.05, 4.69) is 49.0 Å². The van der Waals surface area contributed by atoms with Crippen molar-refractivity contribution in [2.24, 2.45) is 0 Å². The standard InChI is InChI=1S/C13H12.C4H6O7S/c1-2-6-11-8-5-9-12-7-3-4-10-13(11)12;5-3(6)1-2(4(7)8)12(9,10)11/h2-5,7-10H,1,6H2;2H,1H2,(H,5,6)(H,7,8)(H,9,10,11). The van der Waals surface area contributed by atoms with Crippen LogP contribution in [0.1, 0.15) is 12.0 Å². The number of aliphatic carboxylic acids is 2. The minimum absolute atomic E-state index is 0.946. The first-order valence-corrected chi connectivity index (χ1v) is 8.65. The summed E-state index contributed by atoms with van der Waals surface area (Å²) in [4.78, 5) is 20.0. The van der Waals surface area contributed by atoms with Gasteiger partial charge in [-0.25, -0.2) is 0 Å². The van der Waals surface area contributed by atoms with E-state index in [4.69, 9.17) is 14.8 Å². The van der Waals surface area contributed by atoms with Crippen LogP contribution in [0, 0.1) is 0 Å². The second kappa shape index (κ2) is 8.95. The van der Waals surface area contributed by atoms with E-state index in [1.807, 2.05) is 6.08 Å². The van der Waals surface area contributed by atoms with Crippen LogP contribution in [-0.2, 0) is 26.1 Å². The first-order valence-electron chi connectivity index (χ1n) is 7.15. The van der Waals surface area contributed by atoms with Gasteiger partial charge in [0, 0.05) is 0 Å². The van der Waals surface area contributed by atoms with Gasteiger partial charge in [-0.05, 0) is 22.8 Å². The molecule has 0 saturated carbocycles. The maximum absolute atomic E-state index is 10.2. The highest BCUT2D eigenvalue weighted by molar-refractivity contribution is 7.87. The summed E-state index contributed by atoms with van der Waals surface area (Å²) in [5, 5.41) is 16.6. The molecule has 0 aromatic heterocycles. The molecule has 25 heavy (non-hydrogen) atoms. The zero-order valence-corrected chi connectivity index (χ0v) is 14.0. The molecule has 1 atom stereocenters. The average molecular weight is 366 g/mol. The maximum atomic E-state index is 10.2. The van der Waals surface area contributed by atoms with Crippen molar-refractivity contribution in [2.75, 3.05) is 0 Å². The van der Waals surface area contributed by atoms with Crippen LogP contribution in [0.15, 0.2) is 55.1 Å². The molecule has 0 bridgehead atoms. The lowest BCUT2D eigenvalue weighted by Gasteiger charge is -2.04. The Kier molecular flexibility index (Phi) is 7.28. The summed E-state index contributed by atoms with van der Waals surface area (Å²) >= 11 is 0. The molecule has 3 N–H and O–H groups in total. The van der Waals surface area contributed by atoms with Crippen LogP contribution < -0.4 is 0 Å². The third-order valence-corrected chi connectivity index (χ3v) is 4.33. The van der Waals surface area contributed by atoms with Gasteiger partial charge in [0.2, 0.25) is 0 Å². The topological polar surface area (TPSA) is 129 Å². The summed E-state index contributed by atoms with van der Waals surface area (Å²) in [6, 6.07) is 14.8. The Morgan fingerprint density at radius 2 is 1.68 bits per heavy atom. The van der Waals surface area contributed by atoms with Crippen LogP contribution in [0.5, 0.6) is 0 Å². The quantitative estimate of drug-likeness (QED) is 0.528. The van der Waals surface area contributed by atoms with Crippen molar-refractivity contribution in [1.29, 1.82) is 0 Å². The number of fused-ring (bicyclic) bond motifs is 1. The molecule has 0 spiro atoms. The van der Waals surface area contributed by atoms with Crippen LogP contribution in [0.3, 0.4) is 0 Å². The average Bonchev–Trinajstić information content (AvgIpc) is 2.52. The van der Waals surface area contributed by atoms with Crippen LogP contribution in [0.2, 0.25) is 0 Å². The predicted octanol–water partition coefficient (Wildman–Crippen LogP) is 2.37. The van der Waals surface area contributed by atoms with Crippen molar-refractivity contribution >= 4 is 32.8 Å². The number of hydrogen-bond donors (Lipinski definition) is 3. The third kappa shape index (κ3) is 6.36. The smallest absolute Gasteiger partial charge is 0.325 e. The van der Waals surface area contributed by atoms with Crippen molar-refractivity contribution in [2.45, 2.75) is 18.1 Å². The van der Waals surface area contributed by atoms with Gasteiger partial charge in [0.05, 0.1) is 6.42 Å². The molecule has 2 rings (SSSR count). The number of benzene rings is 2. The van der Waals surface area contributed by atoms with Crippen molar-refractivity contribution in [3.8, 4) is 0 Å². The van der Waals surface area contributed by atoms with Gasteiger partial charge in [-0.2, -0.15) is 8.42 Å². The number of carboxylic acid groups (broad SMARTS) is 2. The van der Waals surface area contributed by atoms with Gasteiger partial charge >= 0.3 is 11.9 Å². The Balaban J connectivity index is 0.000000252. The highest BCUT2D eigenvalue weighted by Gasteiger charge is 2.33. The number of carbonyl (C=O) groups is 2. The molecule has 0 radical (unpaired) electrons. The summed E-state index contributed by atoms with van der Waals surface area (Å²) < 4.78 is 28.7. The molecule has 0 aliphatic rings. The summed E-state index contributed by atoms with van der Waals surface area (Å²) in [5.41, 5.74) is 1.35. The molecule has 0 fully saturated rings. The van der Waals surface area contributed by atoms with E-state index in [9.17, 15) is 18.0 Å². The highest BCUT2D eigenvalue weighted by atomic mass is 32.2. The van der Waals surface area contributed by atoms with Crippen molar-refractivity contribution < 1.29 is 32.8 Å². The number of rotatable bonds is 6. The summed E-state index contributed by atoms with van der Waals surface area (Å²) in [7, 11) is -4.84. The molecule has 2 aromatic rings. The Morgan fingerprint density at radius 3 is 2.16 bits per heavy atom. The Labute approximate surface area is 145 Å². The van der Waals surface area contributed by atoms with E-state index >= 15 is 0 Å². The predicted molar refractivity (Wildman–Crippen MR) is 93.1 cm³/mol. The third-order valence-electron chi connectivity index (χ3n) is 3.24. The molecule has 8 heteroatoms. The maximum Gasteiger partial charge on any atom is 0.325 e. The lowest BCUT2D eigenvalue weighted by molar-refractivity contribution is -0.143. The molecule has 0 aliphatic carbocycles. The summed E-state index contributed by atoms with van der Waals surface area (Å²) in [5.74, 6) is -3.50. The van der Waals surface area contributed by atoms with Crippen molar-refractivity contribution in [3.05, 3.63) is 60.7 Å². The largest absolute Gasteiger partial charge is 0.481 e. The molecule has 0 heterocycles. The van der Waals surface area contributed by atoms with E-state index in [1.165, 1.54) is 16.3 Å². The Morgan fingerprint density at radius 1 is 1.08 bits per heavy atom. The van der Waals surface area contributed by atoms with E-state index < -0.39 is 33.7 Å². The SMILES string of the molecule is C=CCc1cccc2ccccc12.O=C(O)CC(C(=O)O)S(=O)(=O)O. The van der Waals surface area contributed by atoms with Gasteiger partial charge in [0.15, 0.2) is 5.25 Å². The van der Waals surface area contributed by atoms with Crippen LogP contribution in [0.25, 0.3) is 10.8 Å². The molecule has 1 unspecified atom stereocenters. The van der Waals surface area contributed by atoms with E-state index in [0.717, 1.165) is 6.42 Å². The number of allylic oxidation sites excluding steroid dienone is 1. The second-order valence-corrected chi connectivity index (χ2v) is 6.67. The minimum Gasteiger partial charge on any atom is -0.481 e. The number of carboxylic acids is 2. The van der Waals surface area contributed by atoms with Crippen LogP contribution in [0.4, 0.5) is 0 Å². The van der Waals surface area contributed by atoms with E-state index in [0.29, 0.717) is 0 Å². The van der Waals surface area contributed by atoms with E-state index in [1.54, 1.807) is 0 Å². The molecule has 2 aromatic carbocycles. The first-order chi connectivity index (χ1) is 11.7. The monoisotopic (exact) mass is 366 g/mol. The van der Waals surface area contributed by atoms with Gasteiger partial charge in [0.25, 0.3) is 10.1 Å². The normalized spacial score (nSPS) is 11.9. The molecule has 134 valence electrons. The highest BCUT2D eigenvalue weighted by Crippen LogP contribution is 2.18. The second-order valence-electron chi connectivity index (χ2n) is 5.07. The Bertz CT molecular complexity index is 866. The first kappa shape index (κ1) is 20.3. The fraction of sp³-hybridized carbons (Fsp3) is 0.176. The van der Waals surface area contributed by atoms with Crippen molar-refractivity contribution in [3.63, 3.8) is 0 Å². The van der Waals surface area contributed by atoms with Gasteiger partial charge in [0.1, 0.15) is 0 Å². The molecule has 0 amide bonds. The molecule has 7 nitrogen and oxygen atoms in total. The Hall–Kier alpha value is -2.71. The lowest BCUT2D eigenvalue weighted by atomic mass is 10.0. The van der Waals surface area contributed by atoms with Gasteiger partial charge < -0.3 is 10.2 Å². The van der Waals surface area contributed by atoms with Gasteiger partial charge in [-0.15, -0.1) is 6.58 Å². The fourth-order valence-corrected chi connectivity index (χ4v) is 2.71. The fourth-order valence-electron chi connectivity index (χ4n) is 2.10. The summed E-state index contributed by atoms with van der Waals surface area (Å²) in [6.45, 7) is 3.76. The number of hydrogen-bond acceptors (Lipinski definition) is 4. The molecular formula is C17H18O7S. The van der Waals surface area contributed by atoms with Crippen LogP contribution >= 0.6 is 0 Å². The van der Waals surface area contributed by atoms with Gasteiger partial charge in [-0.1, -0.05) is 48.5 Å². The minimum atomic E-state index is -4.84. The van der Waals surface area contributed by atoms with Crippen molar-refractivity contribution in [1.82, 2.24) is 0 Å². The van der Waals surface area contributed by atoms with E-state index in [-0.39, 0.29) is 0 Å². The molecule has 0 saturated heterocycles. The molecule has 0 aliphatic heterocycles. The zero-order valence-electron chi connectivity index (χ0n) is 13.2. The van der Waals surface area contributed by atoms with Gasteiger partial charge in [-0.3, -0.25) is 14.1 Å². The molecular weight excluding hydrogens is 348 g/mol. The lowest BCUT2D eigenvalue weighted by Crippen LogP contribution is -2.31. The summed E-state index contributed by atoms with van der Waals surface area (Å²) in [6.07, 6.45) is 1.73. The van der Waals surface area contributed by atoms with Crippen LogP contribution in [-0.4, -0.2) is 40.4 Å².